The topological polar surface area (TPSA) is 78.9 Å². The number of benzene rings is 1. The fraction of sp³-hybridized carbons (Fsp3) is 0.529. The second-order valence-corrected chi connectivity index (χ2v) is 5.94. The Bertz CT molecular complexity index is 525. The highest BCUT2D eigenvalue weighted by Gasteiger charge is 2.41. The van der Waals surface area contributed by atoms with Crippen molar-refractivity contribution in [2.24, 2.45) is 5.41 Å². The Labute approximate surface area is 136 Å². The van der Waals surface area contributed by atoms with E-state index in [2.05, 4.69) is 17.1 Å². The molecule has 0 aliphatic carbocycles. The summed E-state index contributed by atoms with van der Waals surface area (Å²) in [6, 6.07) is 9.37. The lowest BCUT2D eigenvalue weighted by molar-refractivity contribution is -0.151. The van der Waals surface area contributed by atoms with Crippen molar-refractivity contribution in [1.82, 2.24) is 10.2 Å². The predicted molar refractivity (Wildman–Crippen MR) is 86.0 cm³/mol. The Hall–Kier alpha value is -2.08. The third kappa shape index (κ3) is 4.69. The van der Waals surface area contributed by atoms with Gasteiger partial charge in [-0.15, -0.1) is 0 Å². The molecule has 1 heterocycles. The number of hydrogen-bond acceptors (Lipinski definition) is 4. The van der Waals surface area contributed by atoms with Crippen molar-refractivity contribution in [2.75, 3.05) is 26.2 Å². The first-order valence-corrected chi connectivity index (χ1v) is 7.96. The van der Waals surface area contributed by atoms with Gasteiger partial charge in [0, 0.05) is 6.54 Å². The zero-order valence-electron chi connectivity index (χ0n) is 13.5. The first kappa shape index (κ1) is 17.3. The Kier molecular flexibility index (Phi) is 5.98. The van der Waals surface area contributed by atoms with E-state index in [1.165, 1.54) is 0 Å². The molecule has 1 aliphatic rings. The van der Waals surface area contributed by atoms with Crippen LogP contribution in [0.2, 0.25) is 0 Å². The van der Waals surface area contributed by atoms with Crippen LogP contribution < -0.4 is 5.32 Å². The van der Waals surface area contributed by atoms with E-state index in [1.807, 2.05) is 30.3 Å². The molecule has 1 aliphatic heterocycles. The second kappa shape index (κ2) is 7.97. The summed E-state index contributed by atoms with van der Waals surface area (Å²) in [7, 11) is 0. The van der Waals surface area contributed by atoms with Gasteiger partial charge in [0.25, 0.3) is 0 Å². The summed E-state index contributed by atoms with van der Waals surface area (Å²) in [4.78, 5) is 25.7. The van der Waals surface area contributed by atoms with Crippen LogP contribution in [0.15, 0.2) is 30.3 Å². The predicted octanol–water partition coefficient (Wildman–Crippen LogP) is 2.10. The molecule has 2 N–H and O–H groups in total. The zero-order valence-corrected chi connectivity index (χ0v) is 13.5. The molecule has 126 valence electrons. The number of carbonyl (C=O) groups is 2. The van der Waals surface area contributed by atoms with Crippen molar-refractivity contribution < 1.29 is 19.4 Å². The fourth-order valence-electron chi connectivity index (χ4n) is 2.78. The van der Waals surface area contributed by atoms with E-state index in [-0.39, 0.29) is 13.2 Å². The molecule has 1 saturated heterocycles. The summed E-state index contributed by atoms with van der Waals surface area (Å²) in [5.74, 6) is -0.850. The molecule has 1 aromatic carbocycles. The highest BCUT2D eigenvalue weighted by atomic mass is 16.5. The summed E-state index contributed by atoms with van der Waals surface area (Å²) >= 11 is 0. The van der Waals surface area contributed by atoms with Crippen LogP contribution in [-0.4, -0.2) is 48.2 Å². The van der Waals surface area contributed by atoms with E-state index in [4.69, 9.17) is 4.74 Å². The van der Waals surface area contributed by atoms with Crippen molar-refractivity contribution in [1.29, 1.82) is 0 Å². The van der Waals surface area contributed by atoms with Gasteiger partial charge < -0.3 is 20.1 Å². The van der Waals surface area contributed by atoms with Gasteiger partial charge in [-0.1, -0.05) is 37.3 Å². The van der Waals surface area contributed by atoms with Crippen molar-refractivity contribution in [2.45, 2.75) is 26.4 Å². The summed E-state index contributed by atoms with van der Waals surface area (Å²) in [5.41, 5.74) is 0.00380. The summed E-state index contributed by atoms with van der Waals surface area (Å²) < 4.78 is 5.13. The van der Waals surface area contributed by atoms with Crippen LogP contribution in [-0.2, 0) is 16.1 Å². The van der Waals surface area contributed by atoms with Gasteiger partial charge in [0.1, 0.15) is 6.61 Å². The summed E-state index contributed by atoms with van der Waals surface area (Å²) in [5, 5.41) is 12.2. The number of nitrogens with one attached hydrogen (secondary N) is 1. The standard InChI is InChI=1S/C17H24N2O4/c1-2-19-10-8-17(9-11-19,15(20)21)13-18-16(22)23-12-14-6-4-3-5-7-14/h3-7H,2,8-13H2,1H3,(H,18,22)(H,20,21). The van der Waals surface area contributed by atoms with Crippen molar-refractivity contribution in [3.05, 3.63) is 35.9 Å². The molecule has 0 bridgehead atoms. The molecule has 2 rings (SSSR count). The van der Waals surface area contributed by atoms with Crippen LogP contribution in [0.3, 0.4) is 0 Å². The molecule has 0 saturated carbocycles. The van der Waals surface area contributed by atoms with E-state index < -0.39 is 17.5 Å². The SMILES string of the molecule is CCN1CCC(CNC(=O)OCc2ccccc2)(C(=O)O)CC1. The van der Waals surface area contributed by atoms with Crippen LogP contribution in [0, 0.1) is 5.41 Å². The number of likely N-dealkylation sites (tertiary alicyclic amines) is 1. The maximum Gasteiger partial charge on any atom is 0.407 e. The Morgan fingerprint density at radius 3 is 2.48 bits per heavy atom. The summed E-state index contributed by atoms with van der Waals surface area (Å²) in [6.07, 6.45) is 0.497. The number of carboxylic acids is 1. The highest BCUT2D eigenvalue weighted by Crippen LogP contribution is 2.31. The van der Waals surface area contributed by atoms with Crippen LogP contribution >= 0.6 is 0 Å². The van der Waals surface area contributed by atoms with E-state index in [1.54, 1.807) is 0 Å². The average molecular weight is 320 g/mol. The fourth-order valence-corrected chi connectivity index (χ4v) is 2.78. The first-order chi connectivity index (χ1) is 11.1. The minimum atomic E-state index is -0.891. The van der Waals surface area contributed by atoms with E-state index in [0.717, 1.165) is 25.2 Å². The van der Waals surface area contributed by atoms with Crippen LogP contribution in [0.4, 0.5) is 4.79 Å². The van der Waals surface area contributed by atoms with Crippen LogP contribution in [0.1, 0.15) is 25.3 Å². The van der Waals surface area contributed by atoms with Crippen LogP contribution in [0.5, 0.6) is 0 Å². The number of alkyl carbamates (subject to hydrolysis) is 1. The average Bonchev–Trinajstić information content (AvgIpc) is 2.59. The Morgan fingerprint density at radius 2 is 1.91 bits per heavy atom. The van der Waals surface area contributed by atoms with Crippen LogP contribution in [0.25, 0.3) is 0 Å². The molecule has 0 spiro atoms. The van der Waals surface area contributed by atoms with Gasteiger partial charge in [-0.3, -0.25) is 4.79 Å². The second-order valence-electron chi connectivity index (χ2n) is 5.94. The van der Waals surface area contributed by atoms with Gasteiger partial charge in [-0.05, 0) is 38.0 Å². The monoisotopic (exact) mass is 320 g/mol. The molecule has 1 fully saturated rings. The van der Waals surface area contributed by atoms with Gasteiger partial charge in [0.15, 0.2) is 0 Å². The van der Waals surface area contributed by atoms with E-state index in [9.17, 15) is 14.7 Å². The largest absolute Gasteiger partial charge is 0.481 e. The lowest BCUT2D eigenvalue weighted by atomic mass is 9.78. The Morgan fingerprint density at radius 1 is 1.26 bits per heavy atom. The molecule has 1 amide bonds. The third-order valence-corrected chi connectivity index (χ3v) is 4.50. The number of carbonyl (C=O) groups excluding carboxylic acids is 1. The molecule has 1 aromatic rings. The molecule has 0 radical (unpaired) electrons. The number of amides is 1. The molecular formula is C17H24N2O4. The van der Waals surface area contributed by atoms with Gasteiger partial charge in [-0.2, -0.15) is 0 Å². The molecule has 0 atom stereocenters. The molecule has 23 heavy (non-hydrogen) atoms. The van der Waals surface area contributed by atoms with E-state index in [0.29, 0.717) is 12.8 Å². The maximum absolute atomic E-state index is 11.8. The van der Waals surface area contributed by atoms with Gasteiger partial charge in [0.05, 0.1) is 5.41 Å². The molecular weight excluding hydrogens is 296 g/mol. The molecule has 0 unspecified atom stereocenters. The van der Waals surface area contributed by atoms with E-state index >= 15 is 0 Å². The number of piperidine rings is 1. The lowest BCUT2D eigenvalue weighted by Gasteiger charge is -2.38. The molecule has 0 aromatic heterocycles. The smallest absolute Gasteiger partial charge is 0.407 e. The maximum atomic E-state index is 11.8. The summed E-state index contributed by atoms with van der Waals surface area (Å²) in [6.45, 7) is 4.74. The number of hydrogen-bond donors (Lipinski definition) is 2. The highest BCUT2D eigenvalue weighted by molar-refractivity contribution is 5.76. The molecule has 6 nitrogen and oxygen atoms in total. The third-order valence-electron chi connectivity index (χ3n) is 4.50. The van der Waals surface area contributed by atoms with Gasteiger partial charge in [0.2, 0.25) is 0 Å². The van der Waals surface area contributed by atoms with Gasteiger partial charge >= 0.3 is 12.1 Å². The number of aliphatic carboxylic acids is 1. The quantitative estimate of drug-likeness (QED) is 0.839. The Balaban J connectivity index is 1.82. The van der Waals surface area contributed by atoms with Crippen molar-refractivity contribution in [3.63, 3.8) is 0 Å². The zero-order chi connectivity index (χ0) is 16.7. The lowest BCUT2D eigenvalue weighted by Crippen LogP contribution is -2.50. The number of rotatable bonds is 6. The van der Waals surface area contributed by atoms with Crippen molar-refractivity contribution >= 4 is 12.1 Å². The minimum absolute atomic E-state index is 0.105. The van der Waals surface area contributed by atoms with Gasteiger partial charge in [-0.25, -0.2) is 4.79 Å². The number of ether oxygens (including phenoxy) is 1. The minimum Gasteiger partial charge on any atom is -0.481 e. The first-order valence-electron chi connectivity index (χ1n) is 7.96. The van der Waals surface area contributed by atoms with Crippen molar-refractivity contribution in [3.8, 4) is 0 Å². The normalized spacial score (nSPS) is 17.4. The molecule has 6 heteroatoms. The number of carboxylic acid groups (broad SMARTS) is 1. The number of nitrogens with zero attached hydrogens (tertiary/aromatic N) is 1.